The summed E-state index contributed by atoms with van der Waals surface area (Å²) < 4.78 is 0. The van der Waals surface area contributed by atoms with E-state index in [0.717, 1.165) is 17.1 Å². The number of hydrogen-bond acceptors (Lipinski definition) is 1. The highest BCUT2D eigenvalue weighted by molar-refractivity contribution is 6.22. The first-order valence-corrected chi connectivity index (χ1v) is 19.5. The largest absolute Gasteiger partial charge is 0.309 e. The van der Waals surface area contributed by atoms with Crippen molar-refractivity contribution in [3.63, 3.8) is 0 Å². The van der Waals surface area contributed by atoms with Crippen LogP contribution in [0, 0.1) is 0 Å². The Hall–Kier alpha value is -7.22. The third-order valence-corrected chi connectivity index (χ3v) is 12.4. The van der Waals surface area contributed by atoms with Crippen molar-refractivity contribution in [2.45, 2.75) is 5.41 Å². The summed E-state index contributed by atoms with van der Waals surface area (Å²) in [4.78, 5) is 2.50. The first-order valence-electron chi connectivity index (χ1n) is 19.5. The number of para-hydroxylation sites is 2. The molecule has 0 atom stereocenters. The molecule has 1 heteroatoms. The van der Waals surface area contributed by atoms with E-state index in [2.05, 4.69) is 217 Å². The van der Waals surface area contributed by atoms with Crippen LogP contribution in [0.25, 0.3) is 65.7 Å². The first kappa shape index (κ1) is 31.2. The second-order valence-corrected chi connectivity index (χ2v) is 15.1. The molecule has 1 nitrogen and oxygen atoms in total. The van der Waals surface area contributed by atoms with Crippen molar-refractivity contribution in [2.75, 3.05) is 4.90 Å². The summed E-state index contributed by atoms with van der Waals surface area (Å²) in [5.41, 5.74) is 16.0. The van der Waals surface area contributed by atoms with Crippen LogP contribution in [0.3, 0.4) is 0 Å². The molecule has 0 unspecified atom stereocenters. The molecule has 0 aromatic heterocycles. The van der Waals surface area contributed by atoms with Crippen molar-refractivity contribution in [3.8, 4) is 33.4 Å². The highest BCUT2D eigenvalue weighted by Gasteiger charge is 2.54. The van der Waals surface area contributed by atoms with Crippen LogP contribution in [-0.4, -0.2) is 0 Å². The fraction of sp³-hybridized carbons (Fsp3) is 0.0182. The van der Waals surface area contributed by atoms with Crippen molar-refractivity contribution >= 4 is 49.4 Å². The summed E-state index contributed by atoms with van der Waals surface area (Å²) in [5, 5.41) is 7.67. The maximum atomic E-state index is 2.53. The van der Waals surface area contributed by atoms with E-state index in [-0.39, 0.29) is 0 Å². The van der Waals surface area contributed by atoms with E-state index in [1.807, 2.05) is 0 Å². The zero-order chi connectivity index (χ0) is 36.8. The average Bonchev–Trinajstić information content (AvgIpc) is 3.75. The minimum absolute atomic E-state index is 0.529. The lowest BCUT2D eigenvalue weighted by atomic mass is 9.68. The molecule has 0 aliphatic heterocycles. The van der Waals surface area contributed by atoms with Gasteiger partial charge in [0.25, 0.3) is 0 Å². The molecular weight excluding hydrogens is 675 g/mol. The SMILES string of the molecule is c1ccc(-c2ccccc2N(c2ccccc2)c2cc3c(c4ccccc24)C2(c4ccccc4-c4ccccc42)c2c-3c3ccccc3c3ccccc23)cc1. The van der Waals surface area contributed by atoms with E-state index in [0.29, 0.717) is 0 Å². The summed E-state index contributed by atoms with van der Waals surface area (Å²) in [5.74, 6) is 0. The fourth-order valence-corrected chi connectivity index (χ4v) is 10.4. The van der Waals surface area contributed by atoms with Gasteiger partial charge in [0.1, 0.15) is 0 Å². The van der Waals surface area contributed by atoms with Gasteiger partial charge in [0, 0.05) is 16.6 Å². The Balaban J connectivity index is 1.30. The van der Waals surface area contributed by atoms with E-state index in [4.69, 9.17) is 0 Å². The van der Waals surface area contributed by atoms with Gasteiger partial charge in [0.2, 0.25) is 0 Å². The van der Waals surface area contributed by atoms with Crippen LogP contribution in [0.2, 0.25) is 0 Å². The smallest absolute Gasteiger partial charge is 0.0737 e. The maximum absolute atomic E-state index is 2.53. The minimum atomic E-state index is -0.529. The molecule has 0 heterocycles. The molecule has 0 bridgehead atoms. The number of fused-ring (bicyclic) bond motifs is 17. The predicted octanol–water partition coefficient (Wildman–Crippen LogP) is 14.6. The van der Waals surface area contributed by atoms with Crippen molar-refractivity contribution in [2.24, 2.45) is 0 Å². The Bertz CT molecular complexity index is 3150. The normalized spacial score (nSPS) is 13.1. The predicted molar refractivity (Wildman–Crippen MR) is 235 cm³/mol. The first-order chi connectivity index (χ1) is 27.8. The molecule has 0 fully saturated rings. The number of benzene rings is 10. The second kappa shape index (κ2) is 11.9. The molecule has 260 valence electrons. The third-order valence-electron chi connectivity index (χ3n) is 12.4. The highest BCUT2D eigenvalue weighted by atomic mass is 15.1. The molecule has 0 radical (unpaired) electrons. The zero-order valence-electron chi connectivity index (χ0n) is 30.7. The van der Waals surface area contributed by atoms with Crippen LogP contribution in [0.5, 0.6) is 0 Å². The minimum Gasteiger partial charge on any atom is -0.309 e. The van der Waals surface area contributed by atoms with E-state index in [1.165, 1.54) is 88.0 Å². The molecule has 10 aromatic carbocycles. The topological polar surface area (TPSA) is 3.24 Å². The summed E-state index contributed by atoms with van der Waals surface area (Å²) >= 11 is 0. The summed E-state index contributed by atoms with van der Waals surface area (Å²) in [6, 6.07) is 78.8. The van der Waals surface area contributed by atoms with Crippen LogP contribution in [0.4, 0.5) is 17.1 Å². The van der Waals surface area contributed by atoms with Gasteiger partial charge in [-0.3, -0.25) is 0 Å². The van der Waals surface area contributed by atoms with Crippen molar-refractivity contribution in [1.29, 1.82) is 0 Å². The van der Waals surface area contributed by atoms with Crippen LogP contribution < -0.4 is 4.90 Å². The van der Waals surface area contributed by atoms with Gasteiger partial charge in [-0.1, -0.05) is 188 Å². The van der Waals surface area contributed by atoms with E-state index < -0.39 is 5.41 Å². The lowest BCUT2D eigenvalue weighted by Crippen LogP contribution is -2.26. The highest BCUT2D eigenvalue weighted by Crippen LogP contribution is 2.67. The quantitative estimate of drug-likeness (QED) is 0.164. The molecule has 2 aliphatic carbocycles. The van der Waals surface area contributed by atoms with Gasteiger partial charge in [-0.2, -0.15) is 0 Å². The molecule has 0 amide bonds. The Labute approximate surface area is 326 Å². The molecule has 1 spiro atoms. The van der Waals surface area contributed by atoms with E-state index in [1.54, 1.807) is 0 Å². The Morgan fingerprint density at radius 3 is 1.43 bits per heavy atom. The number of nitrogens with zero attached hydrogens (tertiary/aromatic N) is 1. The van der Waals surface area contributed by atoms with Crippen LogP contribution >= 0.6 is 0 Å². The third kappa shape index (κ3) is 4.09. The van der Waals surface area contributed by atoms with Gasteiger partial charge in [-0.05, 0) is 101 Å². The lowest BCUT2D eigenvalue weighted by Gasteiger charge is -2.34. The van der Waals surface area contributed by atoms with E-state index in [9.17, 15) is 0 Å². The molecule has 12 rings (SSSR count). The van der Waals surface area contributed by atoms with E-state index >= 15 is 0 Å². The maximum Gasteiger partial charge on any atom is 0.0737 e. The van der Waals surface area contributed by atoms with Crippen molar-refractivity contribution < 1.29 is 0 Å². The second-order valence-electron chi connectivity index (χ2n) is 15.1. The molecule has 0 N–H and O–H groups in total. The lowest BCUT2D eigenvalue weighted by molar-refractivity contribution is 0.809. The van der Waals surface area contributed by atoms with Gasteiger partial charge in [0.05, 0.1) is 16.8 Å². The molecular formula is C55H35N. The van der Waals surface area contributed by atoms with Crippen LogP contribution in [0.1, 0.15) is 22.3 Å². The number of anilines is 3. The molecule has 2 aliphatic rings. The summed E-state index contributed by atoms with van der Waals surface area (Å²) in [7, 11) is 0. The van der Waals surface area contributed by atoms with Crippen LogP contribution in [-0.2, 0) is 5.41 Å². The monoisotopic (exact) mass is 709 g/mol. The zero-order valence-corrected chi connectivity index (χ0v) is 30.7. The van der Waals surface area contributed by atoms with Gasteiger partial charge in [-0.15, -0.1) is 0 Å². The van der Waals surface area contributed by atoms with Gasteiger partial charge in [-0.25, -0.2) is 0 Å². The van der Waals surface area contributed by atoms with Crippen molar-refractivity contribution in [3.05, 3.63) is 235 Å². The standard InChI is InChI=1S/C55H35N/c1-3-19-36(20-4-1)38-23-15-18-34-50(38)56(37-21-5-2-6-22-37)51-35-47-52-44-29-10-7-24-39(44)40-25-8-11-30-45(40)54(52)55(53(47)46-31-12-9-28-43(46)51)48-32-16-13-26-41(48)42-27-14-17-33-49(42)55/h1-35H. The van der Waals surface area contributed by atoms with Gasteiger partial charge in [0.15, 0.2) is 0 Å². The number of rotatable bonds is 4. The Morgan fingerprint density at radius 1 is 0.304 bits per heavy atom. The molecule has 0 saturated carbocycles. The molecule has 0 saturated heterocycles. The van der Waals surface area contributed by atoms with Crippen molar-refractivity contribution in [1.82, 2.24) is 0 Å². The Kier molecular flexibility index (Phi) is 6.62. The fourth-order valence-electron chi connectivity index (χ4n) is 10.4. The van der Waals surface area contributed by atoms with Gasteiger partial charge < -0.3 is 4.90 Å². The Morgan fingerprint density at radius 2 is 0.768 bits per heavy atom. The number of hydrogen-bond donors (Lipinski definition) is 0. The molecule has 56 heavy (non-hydrogen) atoms. The summed E-state index contributed by atoms with van der Waals surface area (Å²) in [6.45, 7) is 0. The average molecular weight is 710 g/mol. The summed E-state index contributed by atoms with van der Waals surface area (Å²) in [6.07, 6.45) is 0. The van der Waals surface area contributed by atoms with Crippen LogP contribution in [0.15, 0.2) is 212 Å². The molecule has 10 aromatic rings. The van der Waals surface area contributed by atoms with Gasteiger partial charge >= 0.3 is 0 Å².